The number of hydrogen-bond donors (Lipinski definition) is 0. The van der Waals surface area contributed by atoms with Crippen molar-refractivity contribution >= 4 is 43.5 Å². The summed E-state index contributed by atoms with van der Waals surface area (Å²) in [5.41, 5.74) is 21.2. The second-order valence-corrected chi connectivity index (χ2v) is 21.3. The summed E-state index contributed by atoms with van der Waals surface area (Å²) < 4.78 is 6.33. The Balaban J connectivity index is 1.08. The van der Waals surface area contributed by atoms with E-state index in [-0.39, 0.29) is 10.8 Å². The summed E-state index contributed by atoms with van der Waals surface area (Å²) in [6, 6.07) is 85.3. The minimum Gasteiger partial charge on any atom is -0.456 e. The van der Waals surface area contributed by atoms with Gasteiger partial charge in [-0.25, -0.2) is 0 Å². The summed E-state index contributed by atoms with van der Waals surface area (Å²) in [5.74, 6) is 0. The number of furan rings is 1. The van der Waals surface area contributed by atoms with E-state index in [0.29, 0.717) is 0 Å². The summed E-state index contributed by atoms with van der Waals surface area (Å²) in [6.07, 6.45) is 0. The van der Waals surface area contributed by atoms with Crippen LogP contribution in [0, 0.1) is 0 Å². The molecular formula is C70H56O. The van der Waals surface area contributed by atoms with Gasteiger partial charge in [-0.3, -0.25) is 0 Å². The van der Waals surface area contributed by atoms with Crippen molar-refractivity contribution in [1.82, 2.24) is 0 Å². The molecule has 12 rings (SSSR count). The second kappa shape index (κ2) is 17.3. The molecule has 1 heterocycles. The van der Waals surface area contributed by atoms with E-state index >= 15 is 0 Å². The Morgan fingerprint density at radius 1 is 0.239 bits per heavy atom. The maximum atomic E-state index is 6.33. The molecule has 0 bridgehead atoms. The molecule has 12 aromatic rings. The monoisotopic (exact) mass is 912 g/mol. The topological polar surface area (TPSA) is 13.1 Å². The molecule has 0 radical (unpaired) electrons. The van der Waals surface area contributed by atoms with Crippen LogP contribution < -0.4 is 0 Å². The Kier molecular flexibility index (Phi) is 10.7. The van der Waals surface area contributed by atoms with E-state index in [9.17, 15) is 0 Å². The average Bonchev–Trinajstić information content (AvgIpc) is 3.78. The summed E-state index contributed by atoms with van der Waals surface area (Å²) in [7, 11) is 0. The van der Waals surface area contributed by atoms with Crippen molar-refractivity contribution in [2.75, 3.05) is 0 Å². The molecular weight excluding hydrogens is 857 g/mol. The molecule has 0 spiro atoms. The van der Waals surface area contributed by atoms with Gasteiger partial charge in [0.05, 0.1) is 0 Å². The molecule has 1 aromatic heterocycles. The van der Waals surface area contributed by atoms with Gasteiger partial charge in [0.15, 0.2) is 0 Å². The van der Waals surface area contributed by atoms with Gasteiger partial charge in [-0.05, 0) is 158 Å². The standard InChI is InChI=1S/C70H56O/c1-69(2,3)54-37-39-60-62(43-54)67(49-29-27-47(28-30-49)45-17-9-7-10-18-45)59-38-36-55(70(4,5)6)44-63(59)68(60)50-33-31-48(32-34-50)66-56(52-22-15-21-51(41-52)46-19-11-8-12-20-46)24-16-25-57(66)53-35-40-65-61(42-53)58-23-13-14-26-64(58)71-65/h7-44H,1-6H3. The van der Waals surface area contributed by atoms with Gasteiger partial charge in [-0.2, -0.15) is 0 Å². The number of benzene rings is 11. The molecule has 71 heavy (non-hydrogen) atoms. The molecule has 342 valence electrons. The van der Waals surface area contributed by atoms with Crippen LogP contribution in [0.15, 0.2) is 235 Å². The summed E-state index contributed by atoms with van der Waals surface area (Å²) in [5, 5.41) is 7.30. The third-order valence-corrected chi connectivity index (χ3v) is 14.6. The largest absolute Gasteiger partial charge is 0.456 e. The molecule has 0 aliphatic heterocycles. The number of hydrogen-bond acceptors (Lipinski definition) is 1. The van der Waals surface area contributed by atoms with Crippen molar-refractivity contribution in [2.45, 2.75) is 52.4 Å². The van der Waals surface area contributed by atoms with Crippen LogP contribution in [0.2, 0.25) is 0 Å². The lowest BCUT2D eigenvalue weighted by Gasteiger charge is -2.25. The third kappa shape index (κ3) is 8.02. The molecule has 0 aliphatic rings. The first-order chi connectivity index (χ1) is 34.5. The molecule has 0 unspecified atom stereocenters. The van der Waals surface area contributed by atoms with Gasteiger partial charge >= 0.3 is 0 Å². The lowest BCUT2D eigenvalue weighted by Crippen LogP contribution is -2.11. The van der Waals surface area contributed by atoms with Crippen LogP contribution in [0.25, 0.3) is 121 Å². The Morgan fingerprint density at radius 3 is 1.21 bits per heavy atom. The second-order valence-electron chi connectivity index (χ2n) is 21.3. The number of rotatable bonds is 7. The minimum atomic E-state index is -0.0401. The average molecular weight is 913 g/mol. The lowest BCUT2D eigenvalue weighted by atomic mass is 9.79. The highest BCUT2D eigenvalue weighted by molar-refractivity contribution is 6.22. The summed E-state index contributed by atoms with van der Waals surface area (Å²) >= 11 is 0. The maximum Gasteiger partial charge on any atom is 0.135 e. The van der Waals surface area contributed by atoms with Gasteiger partial charge in [-0.15, -0.1) is 0 Å². The van der Waals surface area contributed by atoms with E-state index in [1.54, 1.807) is 0 Å². The van der Waals surface area contributed by atoms with E-state index in [4.69, 9.17) is 4.42 Å². The summed E-state index contributed by atoms with van der Waals surface area (Å²) in [4.78, 5) is 0. The van der Waals surface area contributed by atoms with Crippen LogP contribution in [-0.2, 0) is 10.8 Å². The zero-order valence-corrected chi connectivity index (χ0v) is 41.3. The van der Waals surface area contributed by atoms with Crippen LogP contribution in [0.5, 0.6) is 0 Å². The molecule has 1 heteroatoms. The van der Waals surface area contributed by atoms with Gasteiger partial charge < -0.3 is 4.42 Å². The zero-order chi connectivity index (χ0) is 48.4. The predicted molar refractivity (Wildman–Crippen MR) is 304 cm³/mol. The molecule has 1 nitrogen and oxygen atoms in total. The molecule has 0 fully saturated rings. The smallest absolute Gasteiger partial charge is 0.135 e. The third-order valence-electron chi connectivity index (χ3n) is 14.6. The van der Waals surface area contributed by atoms with Crippen LogP contribution in [0.3, 0.4) is 0 Å². The molecule has 0 amide bonds. The normalized spacial score (nSPS) is 12.1. The fraction of sp³-hybridized carbons (Fsp3) is 0.114. The maximum absolute atomic E-state index is 6.33. The SMILES string of the molecule is CC(C)(C)c1ccc2c(-c3ccc(-c4c(-c5cccc(-c6ccccc6)c5)cccc4-c4ccc5oc6ccccc6c5c4)cc3)c3cc(C(C)(C)C)ccc3c(-c3ccc(-c4ccccc4)cc3)c2c1. The van der Waals surface area contributed by atoms with Crippen molar-refractivity contribution in [3.63, 3.8) is 0 Å². The summed E-state index contributed by atoms with van der Waals surface area (Å²) in [6.45, 7) is 13.9. The first kappa shape index (κ1) is 44.0. The highest BCUT2D eigenvalue weighted by Gasteiger charge is 2.24. The first-order valence-corrected chi connectivity index (χ1v) is 25.0. The predicted octanol–water partition coefficient (Wildman–Crippen LogP) is 20.2. The number of para-hydroxylation sites is 1. The molecule has 0 saturated carbocycles. The molecule has 0 atom stereocenters. The molecule has 11 aromatic carbocycles. The van der Waals surface area contributed by atoms with Crippen LogP contribution >= 0.6 is 0 Å². The van der Waals surface area contributed by atoms with E-state index < -0.39 is 0 Å². The van der Waals surface area contributed by atoms with Gasteiger partial charge in [0.1, 0.15) is 11.2 Å². The highest BCUT2D eigenvalue weighted by Crippen LogP contribution is 2.48. The fourth-order valence-corrected chi connectivity index (χ4v) is 10.8. The van der Waals surface area contributed by atoms with Crippen LogP contribution in [-0.4, -0.2) is 0 Å². The van der Waals surface area contributed by atoms with Crippen molar-refractivity contribution in [2.24, 2.45) is 0 Å². The van der Waals surface area contributed by atoms with Gasteiger partial charge in [0.2, 0.25) is 0 Å². The lowest BCUT2D eigenvalue weighted by molar-refractivity contribution is 0.590. The van der Waals surface area contributed by atoms with Crippen molar-refractivity contribution in [3.8, 4) is 77.9 Å². The Labute approximate surface area is 417 Å². The fourth-order valence-electron chi connectivity index (χ4n) is 10.8. The van der Waals surface area contributed by atoms with Gasteiger partial charge in [-0.1, -0.05) is 236 Å². The molecule has 0 saturated heterocycles. The van der Waals surface area contributed by atoms with Gasteiger partial charge in [0.25, 0.3) is 0 Å². The zero-order valence-electron chi connectivity index (χ0n) is 41.3. The van der Waals surface area contributed by atoms with Crippen molar-refractivity contribution in [3.05, 3.63) is 242 Å². The quantitative estimate of drug-likeness (QED) is 0.145. The molecule has 0 aliphatic carbocycles. The van der Waals surface area contributed by atoms with E-state index in [1.165, 1.54) is 99.4 Å². The van der Waals surface area contributed by atoms with E-state index in [2.05, 4.69) is 266 Å². The van der Waals surface area contributed by atoms with Crippen LogP contribution in [0.4, 0.5) is 0 Å². The first-order valence-electron chi connectivity index (χ1n) is 25.0. The van der Waals surface area contributed by atoms with E-state index in [1.807, 2.05) is 6.07 Å². The van der Waals surface area contributed by atoms with E-state index in [0.717, 1.165) is 33.1 Å². The van der Waals surface area contributed by atoms with Crippen LogP contribution in [0.1, 0.15) is 52.7 Å². The highest BCUT2D eigenvalue weighted by atomic mass is 16.3. The van der Waals surface area contributed by atoms with Gasteiger partial charge in [0, 0.05) is 10.8 Å². The Bertz CT molecular complexity index is 3950. The van der Waals surface area contributed by atoms with Crippen molar-refractivity contribution in [1.29, 1.82) is 0 Å². The Hall–Kier alpha value is -8.26. The number of fused-ring (bicyclic) bond motifs is 5. The minimum absolute atomic E-state index is 0.0313. The van der Waals surface area contributed by atoms with Crippen molar-refractivity contribution < 1.29 is 4.42 Å². The molecule has 0 N–H and O–H groups in total. The Morgan fingerprint density at radius 2 is 0.648 bits per heavy atom.